The van der Waals surface area contributed by atoms with Gasteiger partial charge in [-0.05, 0) is 43.4 Å². The Kier molecular flexibility index (Phi) is 4.61. The molecule has 0 aliphatic carbocycles. The van der Waals surface area contributed by atoms with Crippen molar-refractivity contribution in [1.82, 2.24) is 4.90 Å². The minimum Gasteiger partial charge on any atom is -0.396 e. The van der Waals surface area contributed by atoms with E-state index in [2.05, 4.69) is 0 Å². The van der Waals surface area contributed by atoms with E-state index in [9.17, 15) is 19.1 Å². The summed E-state index contributed by atoms with van der Waals surface area (Å²) in [6, 6.07) is 4.27. The van der Waals surface area contributed by atoms with Crippen LogP contribution >= 0.6 is 0 Å². The summed E-state index contributed by atoms with van der Waals surface area (Å²) in [6.45, 7) is 1.66. The Balaban J connectivity index is 1.83. The average Bonchev–Trinajstić information content (AvgIpc) is 3.01. The number of amides is 2. The van der Waals surface area contributed by atoms with Crippen LogP contribution in [0.1, 0.15) is 36.0 Å². The van der Waals surface area contributed by atoms with Gasteiger partial charge in [0.05, 0.1) is 5.56 Å². The molecular formula is C17H21FN2O3. The second-order valence-electron chi connectivity index (χ2n) is 6.26. The van der Waals surface area contributed by atoms with Crippen molar-refractivity contribution in [3.05, 3.63) is 29.6 Å². The van der Waals surface area contributed by atoms with Crippen LogP contribution in [-0.2, 0) is 4.79 Å². The number of nitrogens with zero attached hydrogens (tertiary/aromatic N) is 2. The Labute approximate surface area is 134 Å². The Morgan fingerprint density at radius 3 is 2.83 bits per heavy atom. The van der Waals surface area contributed by atoms with Gasteiger partial charge in [-0.3, -0.25) is 9.59 Å². The summed E-state index contributed by atoms with van der Waals surface area (Å²) >= 11 is 0. The van der Waals surface area contributed by atoms with Crippen molar-refractivity contribution in [3.63, 3.8) is 0 Å². The summed E-state index contributed by atoms with van der Waals surface area (Å²) in [7, 11) is 0. The van der Waals surface area contributed by atoms with Gasteiger partial charge >= 0.3 is 0 Å². The molecule has 2 aliphatic rings. The Bertz CT molecular complexity index is 620. The Hall–Kier alpha value is -1.95. The van der Waals surface area contributed by atoms with Crippen molar-refractivity contribution >= 4 is 17.5 Å². The highest BCUT2D eigenvalue weighted by Gasteiger charge is 2.28. The first kappa shape index (κ1) is 15.9. The van der Waals surface area contributed by atoms with Crippen LogP contribution in [0.25, 0.3) is 0 Å². The molecule has 0 radical (unpaired) electrons. The van der Waals surface area contributed by atoms with Crippen LogP contribution in [0, 0.1) is 11.7 Å². The third-order valence-electron chi connectivity index (χ3n) is 4.63. The molecular weight excluding hydrogens is 299 g/mol. The van der Waals surface area contributed by atoms with Crippen molar-refractivity contribution < 1.29 is 19.1 Å². The lowest BCUT2D eigenvalue weighted by atomic mass is 9.98. The molecule has 2 aliphatic heterocycles. The standard InChI is InChI=1S/C17H21FN2O3/c18-15-6-5-13(20-8-2-4-16(20)22)9-14(15)17(23)19-7-1-3-12(10-19)11-21/h5-6,9,12,21H,1-4,7-8,10-11H2. The van der Waals surface area contributed by atoms with E-state index in [4.69, 9.17) is 0 Å². The smallest absolute Gasteiger partial charge is 0.256 e. The minimum atomic E-state index is -0.573. The summed E-state index contributed by atoms with van der Waals surface area (Å²) in [5, 5.41) is 9.28. The van der Waals surface area contributed by atoms with E-state index in [0.717, 1.165) is 19.3 Å². The van der Waals surface area contributed by atoms with Gasteiger partial charge in [-0.1, -0.05) is 0 Å². The van der Waals surface area contributed by atoms with Crippen LogP contribution in [-0.4, -0.2) is 48.1 Å². The fraction of sp³-hybridized carbons (Fsp3) is 0.529. The molecule has 2 saturated heterocycles. The molecule has 2 heterocycles. The van der Waals surface area contributed by atoms with Gasteiger partial charge in [-0.25, -0.2) is 4.39 Å². The Morgan fingerprint density at radius 1 is 1.30 bits per heavy atom. The van der Waals surface area contributed by atoms with Crippen LogP contribution in [0.4, 0.5) is 10.1 Å². The van der Waals surface area contributed by atoms with Gasteiger partial charge in [-0.2, -0.15) is 0 Å². The molecule has 124 valence electrons. The average molecular weight is 320 g/mol. The lowest BCUT2D eigenvalue weighted by Crippen LogP contribution is -2.41. The molecule has 0 bridgehead atoms. The summed E-state index contributed by atoms with van der Waals surface area (Å²) in [6.07, 6.45) is 2.96. The molecule has 2 fully saturated rings. The highest BCUT2D eigenvalue weighted by molar-refractivity contribution is 5.99. The predicted octanol–water partition coefficient (Wildman–Crippen LogP) is 1.80. The van der Waals surface area contributed by atoms with Crippen molar-refractivity contribution in [2.45, 2.75) is 25.7 Å². The van der Waals surface area contributed by atoms with Crippen LogP contribution in [0.2, 0.25) is 0 Å². The number of aliphatic hydroxyl groups is 1. The largest absolute Gasteiger partial charge is 0.396 e. The molecule has 1 unspecified atom stereocenters. The van der Waals surface area contributed by atoms with Gasteiger partial charge in [0.2, 0.25) is 5.91 Å². The molecule has 0 aromatic heterocycles. The van der Waals surface area contributed by atoms with Gasteiger partial charge < -0.3 is 14.9 Å². The van der Waals surface area contributed by atoms with E-state index in [-0.39, 0.29) is 29.9 Å². The first-order valence-electron chi connectivity index (χ1n) is 8.10. The molecule has 0 spiro atoms. The number of piperidine rings is 1. The number of benzene rings is 1. The summed E-state index contributed by atoms with van der Waals surface area (Å²) in [5.74, 6) is -0.877. The molecule has 2 amide bonds. The molecule has 1 atom stereocenters. The number of carbonyl (C=O) groups excluding carboxylic acids is 2. The fourth-order valence-corrected chi connectivity index (χ4v) is 3.34. The molecule has 6 heteroatoms. The topological polar surface area (TPSA) is 60.9 Å². The molecule has 5 nitrogen and oxygen atoms in total. The third-order valence-corrected chi connectivity index (χ3v) is 4.63. The van der Waals surface area contributed by atoms with Crippen molar-refractivity contribution in [3.8, 4) is 0 Å². The molecule has 1 N–H and O–H groups in total. The first-order valence-corrected chi connectivity index (χ1v) is 8.10. The quantitative estimate of drug-likeness (QED) is 0.924. The predicted molar refractivity (Wildman–Crippen MR) is 83.7 cm³/mol. The van der Waals surface area contributed by atoms with Gasteiger partial charge in [0, 0.05) is 38.3 Å². The number of anilines is 1. The van der Waals surface area contributed by atoms with Gasteiger partial charge in [-0.15, -0.1) is 0 Å². The van der Waals surface area contributed by atoms with Gasteiger partial charge in [0.15, 0.2) is 0 Å². The highest BCUT2D eigenvalue weighted by Crippen LogP contribution is 2.26. The zero-order valence-corrected chi connectivity index (χ0v) is 13.0. The summed E-state index contributed by atoms with van der Waals surface area (Å²) < 4.78 is 14.1. The number of hydrogen-bond donors (Lipinski definition) is 1. The van der Waals surface area contributed by atoms with Crippen LogP contribution in [0.15, 0.2) is 18.2 Å². The van der Waals surface area contributed by atoms with E-state index in [1.54, 1.807) is 15.9 Å². The number of rotatable bonds is 3. The van der Waals surface area contributed by atoms with E-state index < -0.39 is 5.82 Å². The Morgan fingerprint density at radius 2 is 2.13 bits per heavy atom. The lowest BCUT2D eigenvalue weighted by molar-refractivity contribution is -0.117. The number of hydrogen-bond acceptors (Lipinski definition) is 3. The maximum Gasteiger partial charge on any atom is 0.256 e. The lowest BCUT2D eigenvalue weighted by Gasteiger charge is -2.32. The highest BCUT2D eigenvalue weighted by atomic mass is 19.1. The monoisotopic (exact) mass is 320 g/mol. The van der Waals surface area contributed by atoms with E-state index in [1.807, 2.05) is 0 Å². The summed E-state index contributed by atoms with van der Waals surface area (Å²) in [5.41, 5.74) is 0.578. The second kappa shape index (κ2) is 6.66. The maximum atomic E-state index is 14.1. The molecule has 1 aromatic carbocycles. The van der Waals surface area contributed by atoms with Crippen LogP contribution in [0.5, 0.6) is 0 Å². The zero-order chi connectivity index (χ0) is 16.4. The van der Waals surface area contributed by atoms with E-state index >= 15 is 0 Å². The fourth-order valence-electron chi connectivity index (χ4n) is 3.34. The first-order chi connectivity index (χ1) is 11.1. The van der Waals surface area contributed by atoms with E-state index in [1.165, 1.54) is 12.1 Å². The number of likely N-dealkylation sites (tertiary alicyclic amines) is 1. The van der Waals surface area contributed by atoms with Crippen molar-refractivity contribution in [2.75, 3.05) is 31.1 Å². The molecule has 0 saturated carbocycles. The molecule has 23 heavy (non-hydrogen) atoms. The zero-order valence-electron chi connectivity index (χ0n) is 13.0. The third kappa shape index (κ3) is 3.22. The second-order valence-corrected chi connectivity index (χ2v) is 6.26. The van der Waals surface area contributed by atoms with Crippen LogP contribution in [0.3, 0.4) is 0 Å². The maximum absolute atomic E-state index is 14.1. The van der Waals surface area contributed by atoms with Crippen molar-refractivity contribution in [2.24, 2.45) is 5.92 Å². The normalized spacial score (nSPS) is 21.8. The molecule has 1 aromatic rings. The molecule has 3 rings (SSSR count). The van der Waals surface area contributed by atoms with E-state index in [0.29, 0.717) is 31.7 Å². The summed E-state index contributed by atoms with van der Waals surface area (Å²) in [4.78, 5) is 27.7. The number of carbonyl (C=O) groups is 2. The minimum absolute atomic E-state index is 0.000731. The van der Waals surface area contributed by atoms with Gasteiger partial charge in [0.1, 0.15) is 5.82 Å². The van der Waals surface area contributed by atoms with Crippen molar-refractivity contribution in [1.29, 1.82) is 0 Å². The number of halogens is 1. The van der Waals surface area contributed by atoms with Gasteiger partial charge in [0.25, 0.3) is 5.91 Å². The SMILES string of the molecule is O=C(c1cc(N2CCCC2=O)ccc1F)N1CCCC(CO)C1. The van der Waals surface area contributed by atoms with Crippen LogP contribution < -0.4 is 4.90 Å². The number of aliphatic hydroxyl groups excluding tert-OH is 1.